The van der Waals surface area contributed by atoms with Gasteiger partial charge in [0.2, 0.25) is 11.7 Å². The minimum Gasteiger partial charge on any atom is -0.338 e. The molecule has 0 N–H and O–H groups in total. The molecule has 0 bridgehead atoms. The molecule has 0 aliphatic carbocycles. The summed E-state index contributed by atoms with van der Waals surface area (Å²) in [5, 5.41) is 5.27. The highest BCUT2D eigenvalue weighted by Crippen LogP contribution is 2.23. The average Bonchev–Trinajstić information content (AvgIpc) is 3.13. The number of hydrogen-bond donors (Lipinski definition) is 0. The van der Waals surface area contributed by atoms with Gasteiger partial charge in [0.25, 0.3) is 5.56 Å². The summed E-state index contributed by atoms with van der Waals surface area (Å²) in [4.78, 5) is 21.4. The molecular formula is C19H16N4O2S. The Morgan fingerprint density at radius 3 is 2.81 bits per heavy atom. The molecule has 130 valence electrons. The van der Waals surface area contributed by atoms with Crippen LogP contribution >= 0.6 is 11.8 Å². The highest BCUT2D eigenvalue weighted by molar-refractivity contribution is 7.98. The van der Waals surface area contributed by atoms with E-state index in [1.807, 2.05) is 49.4 Å². The van der Waals surface area contributed by atoms with Gasteiger partial charge < -0.3 is 4.52 Å². The van der Waals surface area contributed by atoms with E-state index in [0.29, 0.717) is 33.5 Å². The molecule has 0 spiro atoms. The Kier molecular flexibility index (Phi) is 4.30. The van der Waals surface area contributed by atoms with Crippen LogP contribution in [0, 0.1) is 6.92 Å². The molecule has 7 heteroatoms. The van der Waals surface area contributed by atoms with Gasteiger partial charge in [0.1, 0.15) is 0 Å². The van der Waals surface area contributed by atoms with Gasteiger partial charge in [-0.05, 0) is 25.1 Å². The highest BCUT2D eigenvalue weighted by atomic mass is 32.2. The van der Waals surface area contributed by atoms with Crippen molar-refractivity contribution >= 4 is 22.7 Å². The fourth-order valence-electron chi connectivity index (χ4n) is 2.67. The Labute approximate surface area is 153 Å². The van der Waals surface area contributed by atoms with E-state index in [2.05, 4.69) is 15.1 Å². The fourth-order valence-corrected chi connectivity index (χ4v) is 3.48. The summed E-state index contributed by atoms with van der Waals surface area (Å²) < 4.78 is 6.89. The molecule has 0 radical (unpaired) electrons. The van der Waals surface area contributed by atoms with Gasteiger partial charge in [-0.25, -0.2) is 4.98 Å². The van der Waals surface area contributed by atoms with Crippen molar-refractivity contribution in [1.29, 1.82) is 0 Å². The summed E-state index contributed by atoms with van der Waals surface area (Å²) in [7, 11) is 1.72. The predicted octanol–water partition coefficient (Wildman–Crippen LogP) is 3.58. The quantitative estimate of drug-likeness (QED) is 0.407. The van der Waals surface area contributed by atoms with E-state index in [0.717, 1.165) is 11.1 Å². The number of para-hydroxylation sites is 1. The van der Waals surface area contributed by atoms with Crippen LogP contribution in [0.2, 0.25) is 0 Å². The number of aromatic nitrogens is 4. The minimum atomic E-state index is -0.0657. The standard InChI is InChI=1S/C19H16N4O2S/c1-12-6-5-7-13(10-12)17-21-16(25-22-17)11-26-19-20-15-9-4-3-8-14(15)18(24)23(19)2/h3-10H,11H2,1-2H3. The van der Waals surface area contributed by atoms with Crippen LogP contribution in [-0.4, -0.2) is 19.7 Å². The van der Waals surface area contributed by atoms with E-state index in [1.54, 1.807) is 17.7 Å². The number of thioether (sulfide) groups is 1. The van der Waals surface area contributed by atoms with Gasteiger partial charge in [0.15, 0.2) is 5.16 Å². The van der Waals surface area contributed by atoms with Gasteiger partial charge in [-0.2, -0.15) is 4.98 Å². The van der Waals surface area contributed by atoms with Crippen molar-refractivity contribution in [3.05, 3.63) is 70.3 Å². The topological polar surface area (TPSA) is 73.8 Å². The molecule has 2 aromatic carbocycles. The number of benzene rings is 2. The van der Waals surface area contributed by atoms with Gasteiger partial charge in [-0.15, -0.1) is 0 Å². The monoisotopic (exact) mass is 364 g/mol. The zero-order chi connectivity index (χ0) is 18.1. The molecule has 0 saturated heterocycles. The third-order valence-electron chi connectivity index (χ3n) is 4.01. The van der Waals surface area contributed by atoms with Crippen molar-refractivity contribution in [3.63, 3.8) is 0 Å². The normalized spacial score (nSPS) is 11.2. The lowest BCUT2D eigenvalue weighted by Crippen LogP contribution is -2.19. The summed E-state index contributed by atoms with van der Waals surface area (Å²) in [6.07, 6.45) is 0. The molecule has 4 aromatic rings. The molecule has 26 heavy (non-hydrogen) atoms. The Bertz CT molecular complexity index is 1150. The Morgan fingerprint density at radius 1 is 1.12 bits per heavy atom. The molecule has 0 unspecified atom stereocenters. The summed E-state index contributed by atoms with van der Waals surface area (Å²) in [6, 6.07) is 15.3. The smallest absolute Gasteiger partial charge is 0.261 e. The van der Waals surface area contributed by atoms with Gasteiger partial charge in [-0.3, -0.25) is 9.36 Å². The second-order valence-corrected chi connectivity index (χ2v) is 6.89. The lowest BCUT2D eigenvalue weighted by atomic mass is 10.1. The molecule has 0 aliphatic heterocycles. The van der Waals surface area contributed by atoms with Crippen LogP contribution in [0.3, 0.4) is 0 Å². The molecule has 2 heterocycles. The van der Waals surface area contributed by atoms with Crippen LogP contribution in [-0.2, 0) is 12.8 Å². The summed E-state index contributed by atoms with van der Waals surface area (Å²) >= 11 is 1.40. The molecule has 4 rings (SSSR count). The van der Waals surface area contributed by atoms with E-state index in [-0.39, 0.29) is 5.56 Å². The van der Waals surface area contributed by atoms with Gasteiger partial charge in [-0.1, -0.05) is 52.8 Å². The number of hydrogen-bond acceptors (Lipinski definition) is 6. The molecule has 0 amide bonds. The maximum absolute atomic E-state index is 12.4. The largest absolute Gasteiger partial charge is 0.338 e. The SMILES string of the molecule is Cc1cccc(-c2noc(CSc3nc4ccccc4c(=O)n3C)n2)c1. The van der Waals surface area contributed by atoms with E-state index < -0.39 is 0 Å². The first-order chi connectivity index (χ1) is 12.6. The molecule has 0 atom stereocenters. The van der Waals surface area contributed by atoms with Crippen LogP contribution in [0.4, 0.5) is 0 Å². The molecule has 0 saturated carbocycles. The Morgan fingerprint density at radius 2 is 1.96 bits per heavy atom. The molecule has 0 aliphatic rings. The van der Waals surface area contributed by atoms with Crippen LogP contribution < -0.4 is 5.56 Å². The molecule has 6 nitrogen and oxygen atoms in total. The van der Waals surface area contributed by atoms with E-state index in [1.165, 1.54) is 11.8 Å². The minimum absolute atomic E-state index is 0.0657. The first kappa shape index (κ1) is 16.5. The highest BCUT2D eigenvalue weighted by Gasteiger charge is 2.12. The first-order valence-electron chi connectivity index (χ1n) is 8.10. The van der Waals surface area contributed by atoms with E-state index >= 15 is 0 Å². The number of rotatable bonds is 4. The van der Waals surface area contributed by atoms with Crippen molar-refractivity contribution in [2.45, 2.75) is 17.8 Å². The van der Waals surface area contributed by atoms with Gasteiger partial charge >= 0.3 is 0 Å². The first-order valence-corrected chi connectivity index (χ1v) is 9.08. The lowest BCUT2D eigenvalue weighted by molar-refractivity contribution is 0.391. The van der Waals surface area contributed by atoms with Crippen molar-refractivity contribution in [3.8, 4) is 11.4 Å². The summed E-state index contributed by atoms with van der Waals surface area (Å²) in [6.45, 7) is 2.02. The fraction of sp³-hybridized carbons (Fsp3) is 0.158. The van der Waals surface area contributed by atoms with Crippen LogP contribution in [0.1, 0.15) is 11.5 Å². The molecule has 0 fully saturated rings. The maximum Gasteiger partial charge on any atom is 0.261 e. The number of fused-ring (bicyclic) bond motifs is 1. The zero-order valence-electron chi connectivity index (χ0n) is 14.3. The predicted molar refractivity (Wildman–Crippen MR) is 101 cm³/mol. The van der Waals surface area contributed by atoms with Gasteiger partial charge in [0, 0.05) is 12.6 Å². The van der Waals surface area contributed by atoms with Crippen molar-refractivity contribution in [1.82, 2.24) is 19.7 Å². The summed E-state index contributed by atoms with van der Waals surface area (Å²) in [5.41, 5.74) is 2.67. The summed E-state index contributed by atoms with van der Waals surface area (Å²) in [5.74, 6) is 1.50. The Hall–Kier alpha value is -2.93. The van der Waals surface area contributed by atoms with E-state index in [4.69, 9.17) is 4.52 Å². The van der Waals surface area contributed by atoms with Crippen molar-refractivity contribution in [2.75, 3.05) is 0 Å². The average molecular weight is 364 g/mol. The lowest BCUT2D eigenvalue weighted by Gasteiger charge is -2.07. The molecular weight excluding hydrogens is 348 g/mol. The Balaban J connectivity index is 1.58. The second-order valence-electron chi connectivity index (χ2n) is 5.95. The second kappa shape index (κ2) is 6.76. The third-order valence-corrected chi connectivity index (χ3v) is 5.03. The van der Waals surface area contributed by atoms with Crippen molar-refractivity contribution < 1.29 is 4.52 Å². The van der Waals surface area contributed by atoms with Crippen LogP contribution in [0.15, 0.2) is 63.0 Å². The maximum atomic E-state index is 12.4. The third kappa shape index (κ3) is 3.13. The van der Waals surface area contributed by atoms with Gasteiger partial charge in [0.05, 0.1) is 16.7 Å². The van der Waals surface area contributed by atoms with Crippen molar-refractivity contribution in [2.24, 2.45) is 7.05 Å². The van der Waals surface area contributed by atoms with E-state index in [9.17, 15) is 4.79 Å². The zero-order valence-corrected chi connectivity index (χ0v) is 15.2. The van der Waals surface area contributed by atoms with Crippen LogP contribution in [0.25, 0.3) is 22.3 Å². The number of nitrogens with zero attached hydrogens (tertiary/aromatic N) is 4. The number of aryl methyl sites for hydroxylation is 1. The van der Waals surface area contributed by atoms with Crippen LogP contribution in [0.5, 0.6) is 0 Å². The molecule has 2 aromatic heterocycles.